The zero-order chi connectivity index (χ0) is 12.3. The number of carbonyl (C=O) groups excluding carboxylic acids is 1. The van der Waals surface area contributed by atoms with E-state index in [1.807, 2.05) is 13.8 Å². The van der Waals surface area contributed by atoms with Crippen LogP contribution < -0.4 is 5.73 Å². The topological polar surface area (TPSA) is 83.0 Å². The number of ether oxygens (including phenoxy) is 1. The Morgan fingerprint density at radius 1 is 1.56 bits per heavy atom. The first-order valence-corrected chi connectivity index (χ1v) is 5.29. The van der Waals surface area contributed by atoms with E-state index < -0.39 is 12.0 Å². The van der Waals surface area contributed by atoms with Crippen molar-refractivity contribution in [3.8, 4) is 0 Å². The molecule has 2 N–H and O–H groups in total. The molecule has 0 radical (unpaired) electrons. The average molecular weight is 226 g/mol. The Bertz CT molecular complexity index is 375. The lowest BCUT2D eigenvalue weighted by atomic mass is 10.1. The highest BCUT2D eigenvalue weighted by Crippen LogP contribution is 2.12. The first-order valence-electron chi connectivity index (χ1n) is 5.29. The molecule has 0 spiro atoms. The standard InChI is InChI=1S/C10H18N4O2/c1-5-16-10(15)9(11)6(2)14-8(4)12-7(3)13-14/h6,9H,5,11H2,1-4H3. The predicted octanol–water partition coefficient (Wildman–Crippen LogP) is 0.346. The van der Waals surface area contributed by atoms with Crippen molar-refractivity contribution in [3.63, 3.8) is 0 Å². The van der Waals surface area contributed by atoms with Crippen molar-refractivity contribution in [1.82, 2.24) is 14.8 Å². The van der Waals surface area contributed by atoms with Gasteiger partial charge < -0.3 is 10.5 Å². The molecule has 0 amide bonds. The van der Waals surface area contributed by atoms with Crippen LogP contribution in [-0.4, -0.2) is 33.4 Å². The van der Waals surface area contributed by atoms with E-state index >= 15 is 0 Å². The summed E-state index contributed by atoms with van der Waals surface area (Å²) in [5, 5.41) is 4.19. The molecule has 1 aromatic rings. The molecule has 2 atom stereocenters. The highest BCUT2D eigenvalue weighted by molar-refractivity contribution is 5.76. The van der Waals surface area contributed by atoms with Crippen LogP contribution in [0.2, 0.25) is 0 Å². The normalized spacial score (nSPS) is 14.6. The Morgan fingerprint density at radius 3 is 2.62 bits per heavy atom. The SMILES string of the molecule is CCOC(=O)C(N)C(C)n1nc(C)nc1C. The maximum atomic E-state index is 11.5. The summed E-state index contributed by atoms with van der Waals surface area (Å²) in [6.45, 7) is 7.53. The van der Waals surface area contributed by atoms with Gasteiger partial charge in [0.1, 0.15) is 17.7 Å². The first kappa shape index (κ1) is 12.6. The fourth-order valence-corrected chi connectivity index (χ4v) is 1.51. The second-order valence-corrected chi connectivity index (χ2v) is 3.67. The van der Waals surface area contributed by atoms with Crippen molar-refractivity contribution in [2.24, 2.45) is 5.73 Å². The smallest absolute Gasteiger partial charge is 0.325 e. The molecule has 0 aromatic carbocycles. The van der Waals surface area contributed by atoms with Crippen molar-refractivity contribution in [1.29, 1.82) is 0 Å². The molecule has 2 unspecified atom stereocenters. The highest BCUT2D eigenvalue weighted by Gasteiger charge is 2.25. The van der Waals surface area contributed by atoms with E-state index in [2.05, 4.69) is 10.1 Å². The Hall–Kier alpha value is -1.43. The minimum absolute atomic E-state index is 0.264. The van der Waals surface area contributed by atoms with Gasteiger partial charge in [0.25, 0.3) is 0 Å². The average Bonchev–Trinajstić information content (AvgIpc) is 2.56. The molecule has 0 saturated carbocycles. The number of aryl methyl sites for hydroxylation is 2. The van der Waals surface area contributed by atoms with Gasteiger partial charge >= 0.3 is 5.97 Å². The van der Waals surface area contributed by atoms with Crippen LogP contribution in [0.3, 0.4) is 0 Å². The zero-order valence-electron chi connectivity index (χ0n) is 10.1. The minimum Gasteiger partial charge on any atom is -0.465 e. The van der Waals surface area contributed by atoms with E-state index in [9.17, 15) is 4.79 Å². The van der Waals surface area contributed by atoms with E-state index in [1.165, 1.54) is 0 Å². The molecule has 0 aliphatic carbocycles. The fraction of sp³-hybridized carbons (Fsp3) is 0.700. The van der Waals surface area contributed by atoms with Crippen LogP contribution in [0.5, 0.6) is 0 Å². The third-order valence-corrected chi connectivity index (χ3v) is 2.37. The van der Waals surface area contributed by atoms with Crippen molar-refractivity contribution < 1.29 is 9.53 Å². The van der Waals surface area contributed by atoms with E-state index in [0.29, 0.717) is 12.4 Å². The summed E-state index contributed by atoms with van der Waals surface area (Å²) < 4.78 is 6.52. The monoisotopic (exact) mass is 226 g/mol. The van der Waals surface area contributed by atoms with Crippen LogP contribution in [0.25, 0.3) is 0 Å². The molecule has 0 aliphatic heterocycles. The van der Waals surface area contributed by atoms with Gasteiger partial charge in [-0.1, -0.05) is 0 Å². The Morgan fingerprint density at radius 2 is 2.19 bits per heavy atom. The molecular weight excluding hydrogens is 208 g/mol. The largest absolute Gasteiger partial charge is 0.465 e. The van der Waals surface area contributed by atoms with Crippen LogP contribution in [0.4, 0.5) is 0 Å². The molecule has 0 aliphatic rings. The fourth-order valence-electron chi connectivity index (χ4n) is 1.51. The number of nitrogens with two attached hydrogens (primary N) is 1. The molecule has 90 valence electrons. The number of carbonyl (C=O) groups is 1. The molecule has 6 heteroatoms. The van der Waals surface area contributed by atoms with Crippen LogP contribution in [-0.2, 0) is 9.53 Å². The van der Waals surface area contributed by atoms with Crippen molar-refractivity contribution in [2.75, 3.05) is 6.61 Å². The van der Waals surface area contributed by atoms with Gasteiger partial charge in [0.05, 0.1) is 12.6 Å². The summed E-state index contributed by atoms with van der Waals surface area (Å²) in [6.07, 6.45) is 0. The summed E-state index contributed by atoms with van der Waals surface area (Å²) >= 11 is 0. The van der Waals surface area contributed by atoms with Gasteiger partial charge in [-0.3, -0.25) is 4.79 Å². The van der Waals surface area contributed by atoms with E-state index in [1.54, 1.807) is 18.5 Å². The maximum Gasteiger partial charge on any atom is 0.325 e. The molecule has 1 rings (SSSR count). The van der Waals surface area contributed by atoms with Crippen molar-refractivity contribution in [3.05, 3.63) is 11.6 Å². The van der Waals surface area contributed by atoms with E-state index in [-0.39, 0.29) is 6.04 Å². The molecule has 0 saturated heterocycles. The number of nitrogens with zero attached hydrogens (tertiary/aromatic N) is 3. The zero-order valence-corrected chi connectivity index (χ0v) is 10.1. The lowest BCUT2D eigenvalue weighted by Gasteiger charge is -2.19. The predicted molar refractivity (Wildman–Crippen MR) is 58.8 cm³/mol. The summed E-state index contributed by atoms with van der Waals surface area (Å²) in [5.41, 5.74) is 5.79. The third kappa shape index (κ3) is 2.57. The third-order valence-electron chi connectivity index (χ3n) is 2.37. The second kappa shape index (κ2) is 5.07. The lowest BCUT2D eigenvalue weighted by molar-refractivity contribution is -0.145. The number of esters is 1. The van der Waals surface area contributed by atoms with E-state index in [0.717, 1.165) is 5.82 Å². The first-order chi connectivity index (χ1) is 7.47. The van der Waals surface area contributed by atoms with Gasteiger partial charge in [0, 0.05) is 0 Å². The van der Waals surface area contributed by atoms with E-state index in [4.69, 9.17) is 10.5 Å². The van der Waals surface area contributed by atoms with Crippen molar-refractivity contribution >= 4 is 5.97 Å². The van der Waals surface area contributed by atoms with Crippen LogP contribution in [0, 0.1) is 13.8 Å². The molecule has 0 bridgehead atoms. The summed E-state index contributed by atoms with van der Waals surface area (Å²) in [5.74, 6) is 0.993. The molecule has 1 aromatic heterocycles. The van der Waals surface area contributed by atoms with Gasteiger partial charge in [-0.15, -0.1) is 0 Å². The van der Waals surface area contributed by atoms with Gasteiger partial charge in [0.15, 0.2) is 0 Å². The lowest BCUT2D eigenvalue weighted by Crippen LogP contribution is -2.40. The Kier molecular flexibility index (Phi) is 4.00. The molecular formula is C10H18N4O2. The Labute approximate surface area is 94.8 Å². The maximum absolute atomic E-state index is 11.5. The minimum atomic E-state index is -0.722. The number of hydrogen-bond acceptors (Lipinski definition) is 5. The Balaban J connectivity index is 2.81. The van der Waals surface area contributed by atoms with Crippen LogP contribution in [0.1, 0.15) is 31.5 Å². The second-order valence-electron chi connectivity index (χ2n) is 3.67. The number of hydrogen-bond donors (Lipinski definition) is 1. The van der Waals surface area contributed by atoms with Crippen molar-refractivity contribution in [2.45, 2.75) is 39.8 Å². The van der Waals surface area contributed by atoms with Crippen LogP contribution in [0.15, 0.2) is 0 Å². The van der Waals surface area contributed by atoms with Gasteiger partial charge in [-0.25, -0.2) is 9.67 Å². The van der Waals surface area contributed by atoms with Gasteiger partial charge in [0.2, 0.25) is 0 Å². The van der Waals surface area contributed by atoms with Gasteiger partial charge in [-0.05, 0) is 27.7 Å². The highest BCUT2D eigenvalue weighted by atomic mass is 16.5. The quantitative estimate of drug-likeness (QED) is 0.749. The molecule has 1 heterocycles. The van der Waals surface area contributed by atoms with Gasteiger partial charge in [-0.2, -0.15) is 5.10 Å². The summed E-state index contributed by atoms with van der Waals surface area (Å²) in [6, 6.07) is -0.986. The molecule has 6 nitrogen and oxygen atoms in total. The molecule has 16 heavy (non-hydrogen) atoms. The number of rotatable bonds is 4. The number of aromatic nitrogens is 3. The van der Waals surface area contributed by atoms with Crippen LogP contribution >= 0.6 is 0 Å². The summed E-state index contributed by atoms with van der Waals surface area (Å²) in [4.78, 5) is 15.6. The summed E-state index contributed by atoms with van der Waals surface area (Å²) in [7, 11) is 0. The molecule has 0 fully saturated rings.